The number of hydrogen-bond donors (Lipinski definition) is 2. The summed E-state index contributed by atoms with van der Waals surface area (Å²) in [5.74, 6) is 1.06. The molecule has 1 heterocycles. The second-order valence-electron chi connectivity index (χ2n) is 5.42. The lowest BCUT2D eigenvalue weighted by Crippen LogP contribution is -2.27. The highest BCUT2D eigenvalue weighted by molar-refractivity contribution is 7.99. The monoisotopic (exact) mass is 323 g/mol. The third-order valence-corrected chi connectivity index (χ3v) is 3.75. The second kappa shape index (κ2) is 6.49. The molecular weight excluding hydrogens is 306 g/mol. The highest BCUT2D eigenvalue weighted by Gasteiger charge is 2.14. The van der Waals surface area contributed by atoms with Crippen molar-refractivity contribution in [3.63, 3.8) is 0 Å². The van der Waals surface area contributed by atoms with Gasteiger partial charge < -0.3 is 10.6 Å². The number of anilines is 2. The highest BCUT2D eigenvalue weighted by atomic mass is 35.5. The zero-order valence-corrected chi connectivity index (χ0v) is 14.0. The van der Waals surface area contributed by atoms with E-state index in [1.54, 1.807) is 7.05 Å². The van der Waals surface area contributed by atoms with E-state index in [9.17, 15) is 0 Å². The minimum Gasteiger partial charge on any atom is -0.357 e. The first-order valence-corrected chi connectivity index (χ1v) is 7.71. The van der Waals surface area contributed by atoms with Crippen molar-refractivity contribution < 1.29 is 0 Å². The molecule has 1 aromatic carbocycles. The standard InChI is InChI=1S/C14H18ClN5S/c1-14(2,3)20-12-17-11(16-4)18-13(19-12)21-10-8-6-5-7-9(10)15/h5-8H,1-4H3,(H2,16,17,18,19,20). The van der Waals surface area contributed by atoms with Crippen LogP contribution in [0.2, 0.25) is 5.02 Å². The van der Waals surface area contributed by atoms with E-state index >= 15 is 0 Å². The molecule has 0 amide bonds. The van der Waals surface area contributed by atoms with Crippen molar-refractivity contribution in [3.05, 3.63) is 29.3 Å². The average molecular weight is 324 g/mol. The van der Waals surface area contributed by atoms with E-state index in [1.165, 1.54) is 11.8 Å². The Morgan fingerprint density at radius 3 is 2.33 bits per heavy atom. The quantitative estimate of drug-likeness (QED) is 0.889. The van der Waals surface area contributed by atoms with Gasteiger partial charge in [-0.05, 0) is 44.7 Å². The van der Waals surface area contributed by atoms with Crippen LogP contribution in [0.15, 0.2) is 34.3 Å². The van der Waals surface area contributed by atoms with Gasteiger partial charge in [0.15, 0.2) is 5.16 Å². The average Bonchev–Trinajstić information content (AvgIpc) is 2.39. The summed E-state index contributed by atoms with van der Waals surface area (Å²) < 4.78 is 0. The second-order valence-corrected chi connectivity index (χ2v) is 6.84. The van der Waals surface area contributed by atoms with Crippen LogP contribution in [0.4, 0.5) is 11.9 Å². The van der Waals surface area contributed by atoms with Crippen LogP contribution in [0.3, 0.4) is 0 Å². The third-order valence-electron chi connectivity index (χ3n) is 2.36. The molecule has 0 spiro atoms. The number of rotatable bonds is 4. The van der Waals surface area contributed by atoms with E-state index in [1.807, 2.05) is 24.3 Å². The molecule has 0 radical (unpaired) electrons. The lowest BCUT2D eigenvalue weighted by atomic mass is 10.1. The molecule has 0 atom stereocenters. The summed E-state index contributed by atoms with van der Waals surface area (Å²) in [6.07, 6.45) is 0. The fourth-order valence-electron chi connectivity index (χ4n) is 1.53. The van der Waals surface area contributed by atoms with E-state index in [2.05, 4.69) is 46.4 Å². The van der Waals surface area contributed by atoms with Crippen LogP contribution >= 0.6 is 23.4 Å². The van der Waals surface area contributed by atoms with E-state index in [0.717, 1.165) is 4.90 Å². The van der Waals surface area contributed by atoms with Gasteiger partial charge >= 0.3 is 0 Å². The summed E-state index contributed by atoms with van der Waals surface area (Å²) >= 11 is 7.58. The molecule has 0 bridgehead atoms. The van der Waals surface area contributed by atoms with Crippen molar-refractivity contribution in [1.29, 1.82) is 0 Å². The van der Waals surface area contributed by atoms with Crippen LogP contribution in [-0.4, -0.2) is 27.5 Å². The zero-order chi connectivity index (χ0) is 15.5. The molecule has 1 aromatic heterocycles. The molecule has 0 saturated carbocycles. The first-order valence-electron chi connectivity index (χ1n) is 6.52. The van der Waals surface area contributed by atoms with E-state index in [0.29, 0.717) is 22.1 Å². The molecule has 0 saturated heterocycles. The summed E-state index contributed by atoms with van der Waals surface area (Å²) in [7, 11) is 1.78. The number of halogens is 1. The molecule has 0 unspecified atom stereocenters. The Morgan fingerprint density at radius 1 is 1.05 bits per heavy atom. The van der Waals surface area contributed by atoms with E-state index < -0.39 is 0 Å². The van der Waals surface area contributed by atoms with Gasteiger partial charge in [0.25, 0.3) is 0 Å². The molecule has 0 aliphatic carbocycles. The van der Waals surface area contributed by atoms with Crippen molar-refractivity contribution in [2.24, 2.45) is 0 Å². The maximum absolute atomic E-state index is 6.17. The lowest BCUT2D eigenvalue weighted by molar-refractivity contribution is 0.622. The Hall–Kier alpha value is -1.53. The van der Waals surface area contributed by atoms with Crippen LogP contribution < -0.4 is 10.6 Å². The summed E-state index contributed by atoms with van der Waals surface area (Å²) in [5.41, 5.74) is -0.126. The molecule has 21 heavy (non-hydrogen) atoms. The third kappa shape index (κ3) is 4.75. The summed E-state index contributed by atoms with van der Waals surface area (Å²) in [5, 5.41) is 7.47. The predicted octanol–water partition coefficient (Wildman–Crippen LogP) is 3.93. The normalized spacial score (nSPS) is 11.3. The fourth-order valence-corrected chi connectivity index (χ4v) is 2.56. The number of nitrogens with one attached hydrogen (secondary N) is 2. The molecule has 0 fully saturated rings. The molecular formula is C14H18ClN5S. The van der Waals surface area contributed by atoms with E-state index in [-0.39, 0.29) is 5.54 Å². The molecule has 0 aliphatic rings. The Balaban J connectivity index is 2.31. The van der Waals surface area contributed by atoms with Gasteiger partial charge in [-0.2, -0.15) is 15.0 Å². The van der Waals surface area contributed by atoms with Gasteiger partial charge in [0.05, 0.1) is 5.02 Å². The molecule has 112 valence electrons. The topological polar surface area (TPSA) is 62.7 Å². The van der Waals surface area contributed by atoms with Gasteiger partial charge in [-0.15, -0.1) is 0 Å². The first-order chi connectivity index (χ1) is 9.87. The van der Waals surface area contributed by atoms with Crippen molar-refractivity contribution in [3.8, 4) is 0 Å². The van der Waals surface area contributed by atoms with E-state index in [4.69, 9.17) is 11.6 Å². The van der Waals surface area contributed by atoms with Crippen molar-refractivity contribution in [2.75, 3.05) is 17.7 Å². The summed E-state index contributed by atoms with van der Waals surface area (Å²) in [6.45, 7) is 6.16. The first kappa shape index (κ1) is 15.9. The molecule has 5 nitrogen and oxygen atoms in total. The number of nitrogens with zero attached hydrogens (tertiary/aromatic N) is 3. The number of benzene rings is 1. The van der Waals surface area contributed by atoms with Crippen molar-refractivity contribution in [2.45, 2.75) is 36.4 Å². The van der Waals surface area contributed by atoms with Crippen molar-refractivity contribution >= 4 is 35.3 Å². The van der Waals surface area contributed by atoms with Gasteiger partial charge in [-0.3, -0.25) is 0 Å². The van der Waals surface area contributed by atoms with Gasteiger partial charge in [0, 0.05) is 17.5 Å². The van der Waals surface area contributed by atoms with Crippen LogP contribution in [-0.2, 0) is 0 Å². The molecule has 2 rings (SSSR count). The summed E-state index contributed by atoms with van der Waals surface area (Å²) in [4.78, 5) is 14.0. The van der Waals surface area contributed by atoms with Crippen LogP contribution in [0.1, 0.15) is 20.8 Å². The maximum Gasteiger partial charge on any atom is 0.228 e. The highest BCUT2D eigenvalue weighted by Crippen LogP contribution is 2.31. The predicted molar refractivity (Wildman–Crippen MR) is 88.3 cm³/mol. The SMILES string of the molecule is CNc1nc(NC(C)(C)C)nc(Sc2ccccc2Cl)n1. The number of aromatic nitrogens is 3. The molecule has 2 N–H and O–H groups in total. The van der Waals surface area contributed by atoms with Gasteiger partial charge in [0.1, 0.15) is 0 Å². The lowest BCUT2D eigenvalue weighted by Gasteiger charge is -2.20. The molecule has 2 aromatic rings. The minimum absolute atomic E-state index is 0.126. The molecule has 7 heteroatoms. The zero-order valence-electron chi connectivity index (χ0n) is 12.4. The molecule has 0 aliphatic heterocycles. The smallest absolute Gasteiger partial charge is 0.228 e. The van der Waals surface area contributed by atoms with Gasteiger partial charge in [-0.25, -0.2) is 0 Å². The van der Waals surface area contributed by atoms with Crippen LogP contribution in [0.5, 0.6) is 0 Å². The fraction of sp³-hybridized carbons (Fsp3) is 0.357. The Labute approximate surface area is 133 Å². The van der Waals surface area contributed by atoms with Gasteiger partial charge in [-0.1, -0.05) is 23.7 Å². The number of hydrogen-bond acceptors (Lipinski definition) is 6. The van der Waals surface area contributed by atoms with Crippen molar-refractivity contribution in [1.82, 2.24) is 15.0 Å². The maximum atomic E-state index is 6.17. The Kier molecular flexibility index (Phi) is 4.90. The Morgan fingerprint density at radius 2 is 1.71 bits per heavy atom. The van der Waals surface area contributed by atoms with Crippen LogP contribution in [0, 0.1) is 0 Å². The van der Waals surface area contributed by atoms with Crippen LogP contribution in [0.25, 0.3) is 0 Å². The Bertz CT molecular complexity index is 627. The summed E-state index contributed by atoms with van der Waals surface area (Å²) in [6, 6.07) is 7.61. The van der Waals surface area contributed by atoms with Gasteiger partial charge in [0.2, 0.25) is 11.9 Å². The largest absolute Gasteiger partial charge is 0.357 e. The minimum atomic E-state index is -0.126.